The zero-order valence-corrected chi connectivity index (χ0v) is 19.2. The topological polar surface area (TPSA) is 69.7 Å². The molecule has 0 aliphatic carbocycles. The van der Waals surface area contributed by atoms with E-state index >= 15 is 0 Å². The van der Waals surface area contributed by atoms with Crippen LogP contribution in [0.25, 0.3) is 6.08 Å². The van der Waals surface area contributed by atoms with Crippen molar-refractivity contribution in [2.75, 3.05) is 0 Å². The Kier molecular flexibility index (Phi) is 5.73. The average molecular weight is 499 g/mol. The molecule has 5 nitrogen and oxygen atoms in total. The number of ether oxygens (including phenoxy) is 1. The molecule has 0 unspecified atom stereocenters. The largest absolute Gasteiger partial charge is 0.452 e. The van der Waals surface area contributed by atoms with Crippen LogP contribution in [0.2, 0.25) is 0 Å². The van der Waals surface area contributed by atoms with E-state index in [4.69, 9.17) is 8.92 Å². The minimum absolute atomic E-state index is 0.0265. The van der Waals surface area contributed by atoms with Crippen LogP contribution in [0.5, 0.6) is 11.5 Å². The van der Waals surface area contributed by atoms with E-state index in [1.165, 1.54) is 35.9 Å². The van der Waals surface area contributed by atoms with E-state index in [0.29, 0.717) is 11.5 Å². The maximum Gasteiger partial charge on any atom is 0.339 e. The minimum atomic E-state index is -4.01. The molecule has 1 aliphatic rings. The molecular formula is C24H19BrO5S. The Morgan fingerprint density at radius 2 is 1.65 bits per heavy atom. The Morgan fingerprint density at radius 3 is 2.29 bits per heavy atom. The van der Waals surface area contributed by atoms with Crippen molar-refractivity contribution in [1.82, 2.24) is 0 Å². The van der Waals surface area contributed by atoms with Gasteiger partial charge in [0.15, 0.2) is 5.76 Å². The van der Waals surface area contributed by atoms with Crippen molar-refractivity contribution < 1.29 is 22.1 Å². The van der Waals surface area contributed by atoms with Gasteiger partial charge in [0.05, 0.1) is 5.56 Å². The molecule has 0 atom stereocenters. The van der Waals surface area contributed by atoms with Gasteiger partial charge in [-0.2, -0.15) is 8.42 Å². The summed E-state index contributed by atoms with van der Waals surface area (Å²) in [6, 6.07) is 18.4. The number of carbonyl (C=O) groups excluding carboxylic acids is 1. The number of carbonyl (C=O) groups is 1. The van der Waals surface area contributed by atoms with Gasteiger partial charge < -0.3 is 8.92 Å². The third kappa shape index (κ3) is 4.57. The van der Waals surface area contributed by atoms with Gasteiger partial charge in [0, 0.05) is 10.5 Å². The monoisotopic (exact) mass is 498 g/mol. The number of halogens is 1. The van der Waals surface area contributed by atoms with Crippen LogP contribution in [0.4, 0.5) is 0 Å². The maximum atomic E-state index is 12.7. The highest BCUT2D eigenvalue weighted by molar-refractivity contribution is 9.10. The van der Waals surface area contributed by atoms with Gasteiger partial charge in [-0.25, -0.2) is 0 Å². The molecule has 0 fully saturated rings. The Hall–Kier alpha value is -2.90. The van der Waals surface area contributed by atoms with Crippen molar-refractivity contribution in [2.45, 2.75) is 24.7 Å². The maximum absolute atomic E-state index is 12.7. The summed E-state index contributed by atoms with van der Waals surface area (Å²) in [5, 5.41) is 0. The van der Waals surface area contributed by atoms with Gasteiger partial charge in [0.25, 0.3) is 0 Å². The van der Waals surface area contributed by atoms with Gasteiger partial charge in [0.2, 0.25) is 5.78 Å². The van der Waals surface area contributed by atoms with Crippen molar-refractivity contribution >= 4 is 37.9 Å². The van der Waals surface area contributed by atoms with Crippen LogP contribution in [0, 0.1) is 0 Å². The quantitative estimate of drug-likeness (QED) is 0.320. The molecule has 7 heteroatoms. The number of ketones is 1. The van der Waals surface area contributed by atoms with Crippen LogP contribution in [0.3, 0.4) is 0 Å². The van der Waals surface area contributed by atoms with Gasteiger partial charge in [-0.1, -0.05) is 54.0 Å². The fraction of sp³-hybridized carbons (Fsp3) is 0.125. The molecule has 0 bridgehead atoms. The third-order valence-corrected chi connectivity index (χ3v) is 6.64. The molecule has 0 N–H and O–H groups in total. The first kappa shape index (κ1) is 21.3. The third-order valence-electron chi connectivity index (χ3n) is 4.85. The molecule has 1 aliphatic heterocycles. The van der Waals surface area contributed by atoms with Crippen molar-refractivity contribution in [2.24, 2.45) is 0 Å². The molecule has 0 saturated heterocycles. The Balaban J connectivity index is 1.56. The summed E-state index contributed by atoms with van der Waals surface area (Å²) >= 11 is 3.27. The summed E-state index contributed by atoms with van der Waals surface area (Å²) in [4.78, 5) is 12.7. The normalized spacial score (nSPS) is 14.6. The molecule has 0 spiro atoms. The van der Waals surface area contributed by atoms with E-state index in [0.717, 1.165) is 10.0 Å². The molecule has 0 aromatic heterocycles. The Morgan fingerprint density at radius 1 is 0.968 bits per heavy atom. The minimum Gasteiger partial charge on any atom is -0.452 e. The summed E-state index contributed by atoms with van der Waals surface area (Å²) in [6.07, 6.45) is 1.67. The predicted molar refractivity (Wildman–Crippen MR) is 122 cm³/mol. The number of benzene rings is 3. The lowest BCUT2D eigenvalue weighted by molar-refractivity contribution is 0.101. The van der Waals surface area contributed by atoms with Crippen molar-refractivity contribution in [3.05, 3.63) is 93.7 Å². The van der Waals surface area contributed by atoms with Gasteiger partial charge in [0.1, 0.15) is 16.4 Å². The number of fused-ring (bicyclic) bond motifs is 1. The first-order chi connectivity index (χ1) is 14.7. The number of rotatable bonds is 5. The highest BCUT2D eigenvalue weighted by atomic mass is 79.9. The lowest BCUT2D eigenvalue weighted by atomic mass is 10.0. The molecule has 3 aromatic carbocycles. The first-order valence-corrected chi connectivity index (χ1v) is 11.8. The predicted octanol–water partition coefficient (Wildman–Crippen LogP) is 5.96. The second kappa shape index (κ2) is 8.32. The summed E-state index contributed by atoms with van der Waals surface area (Å²) < 4.78 is 36.7. The van der Waals surface area contributed by atoms with Crippen molar-refractivity contribution in [3.63, 3.8) is 0 Å². The fourth-order valence-electron chi connectivity index (χ4n) is 3.12. The van der Waals surface area contributed by atoms with Crippen LogP contribution in [-0.2, 0) is 10.1 Å². The lowest BCUT2D eigenvalue weighted by Gasteiger charge is -2.08. The SMILES string of the molecule is CC(C)c1ccc(C=C2Oc3cc(OS(=O)(=O)c4ccc(Br)cc4)ccc3C2=O)cc1. The summed E-state index contributed by atoms with van der Waals surface area (Å²) in [5.74, 6) is 0.670. The number of hydrogen-bond acceptors (Lipinski definition) is 5. The lowest BCUT2D eigenvalue weighted by Crippen LogP contribution is -2.09. The molecule has 4 rings (SSSR count). The van der Waals surface area contributed by atoms with Gasteiger partial charge in [-0.05, 0) is 59.5 Å². The molecule has 158 valence electrons. The molecule has 0 radical (unpaired) electrons. The summed E-state index contributed by atoms with van der Waals surface area (Å²) in [5.41, 5.74) is 2.41. The van der Waals surface area contributed by atoms with Crippen molar-refractivity contribution in [1.29, 1.82) is 0 Å². The van der Waals surface area contributed by atoms with E-state index in [1.807, 2.05) is 24.3 Å². The van der Waals surface area contributed by atoms with E-state index in [2.05, 4.69) is 29.8 Å². The first-order valence-electron chi connectivity index (χ1n) is 9.61. The van der Waals surface area contributed by atoms with E-state index in [1.54, 1.807) is 18.2 Å². The number of Topliss-reactive ketones (excluding diaryl/α,β-unsaturated/α-hetero) is 1. The van der Waals surface area contributed by atoms with E-state index in [-0.39, 0.29) is 27.9 Å². The molecule has 31 heavy (non-hydrogen) atoms. The molecule has 1 heterocycles. The summed E-state index contributed by atoms with van der Waals surface area (Å²) in [7, 11) is -4.01. The molecule has 0 amide bonds. The van der Waals surface area contributed by atoms with Crippen LogP contribution >= 0.6 is 15.9 Å². The Labute approximate surface area is 189 Å². The molecular weight excluding hydrogens is 480 g/mol. The fourth-order valence-corrected chi connectivity index (χ4v) is 4.31. The zero-order valence-electron chi connectivity index (χ0n) is 16.8. The molecule has 3 aromatic rings. The van der Waals surface area contributed by atoms with Crippen molar-refractivity contribution in [3.8, 4) is 11.5 Å². The van der Waals surface area contributed by atoms with Gasteiger partial charge in [-0.15, -0.1) is 0 Å². The highest BCUT2D eigenvalue weighted by Gasteiger charge is 2.28. The standard InChI is InChI=1S/C24H19BrO5S/c1-15(2)17-5-3-16(4-6-17)13-23-24(26)21-12-9-19(14-22(21)29-23)30-31(27,28)20-10-7-18(25)8-11-20/h3-15H,1-2H3. The van der Waals surface area contributed by atoms with E-state index in [9.17, 15) is 13.2 Å². The van der Waals surface area contributed by atoms with Crippen LogP contribution in [0.15, 0.2) is 81.9 Å². The van der Waals surface area contributed by atoms with Crippen LogP contribution in [0.1, 0.15) is 41.3 Å². The van der Waals surface area contributed by atoms with Crippen LogP contribution < -0.4 is 8.92 Å². The smallest absolute Gasteiger partial charge is 0.339 e. The second-order valence-corrected chi connectivity index (χ2v) is 9.87. The second-order valence-electron chi connectivity index (χ2n) is 7.41. The number of allylic oxidation sites excluding steroid dienone is 1. The van der Waals surface area contributed by atoms with Gasteiger partial charge in [-0.3, -0.25) is 4.79 Å². The van der Waals surface area contributed by atoms with Crippen LogP contribution in [-0.4, -0.2) is 14.2 Å². The van der Waals surface area contributed by atoms with E-state index < -0.39 is 10.1 Å². The van der Waals surface area contributed by atoms with Gasteiger partial charge >= 0.3 is 10.1 Å². The Bertz CT molecular complexity index is 1270. The highest BCUT2D eigenvalue weighted by Crippen LogP contribution is 2.35. The number of hydrogen-bond donors (Lipinski definition) is 0. The summed E-state index contributed by atoms with van der Waals surface area (Å²) in [6.45, 7) is 4.23. The zero-order chi connectivity index (χ0) is 22.2. The average Bonchev–Trinajstić information content (AvgIpc) is 3.03. The molecule has 0 saturated carbocycles.